The molecule has 1 N–H and O–H groups in total. The maximum absolute atomic E-state index is 11.8. The minimum absolute atomic E-state index is 0.128. The first-order chi connectivity index (χ1) is 13.0. The number of aryl methyl sites for hydroxylation is 1. The zero-order chi connectivity index (χ0) is 19.2. The van der Waals surface area contributed by atoms with Gasteiger partial charge in [-0.05, 0) is 56.3 Å². The smallest absolute Gasteiger partial charge is 0.277 e. The summed E-state index contributed by atoms with van der Waals surface area (Å²) in [5.41, 5.74) is 5.52. The molecule has 3 rings (SSSR count). The molecule has 140 valence electrons. The average molecular weight is 386 g/mol. The molecule has 27 heavy (non-hydrogen) atoms. The number of aromatic nitrogens is 1. The van der Waals surface area contributed by atoms with E-state index in [-0.39, 0.29) is 12.5 Å². The number of amides is 1. The van der Waals surface area contributed by atoms with Crippen molar-refractivity contribution in [3.8, 4) is 5.75 Å². The number of nitrogens with one attached hydrogen (secondary N) is 1. The van der Waals surface area contributed by atoms with Gasteiger partial charge in [-0.3, -0.25) is 4.79 Å². The van der Waals surface area contributed by atoms with Crippen LogP contribution in [-0.4, -0.2) is 23.3 Å². The lowest BCUT2D eigenvalue weighted by molar-refractivity contribution is -0.123. The molecular formula is C20H20ClN3O3. The molecule has 2 aromatic heterocycles. The molecular weight excluding hydrogens is 366 g/mol. The Hall–Kier alpha value is -2.99. The minimum Gasteiger partial charge on any atom is -0.484 e. The SMILES string of the molecule is Cc1cc(/C=N\NC(=O)COc2ccc(Cl)cc2)c(C)n1Cc1ccco1. The summed E-state index contributed by atoms with van der Waals surface area (Å²) < 4.78 is 12.9. The van der Waals surface area contributed by atoms with Crippen LogP contribution in [0.25, 0.3) is 0 Å². The number of rotatable bonds is 7. The molecule has 3 aromatic rings. The zero-order valence-corrected chi connectivity index (χ0v) is 15.9. The lowest BCUT2D eigenvalue weighted by atomic mass is 10.3. The fourth-order valence-corrected chi connectivity index (χ4v) is 2.77. The summed E-state index contributed by atoms with van der Waals surface area (Å²) in [7, 11) is 0. The first-order valence-corrected chi connectivity index (χ1v) is 8.80. The summed E-state index contributed by atoms with van der Waals surface area (Å²) in [6.45, 7) is 4.55. The topological polar surface area (TPSA) is 68.8 Å². The van der Waals surface area contributed by atoms with Crippen molar-refractivity contribution in [2.24, 2.45) is 5.10 Å². The monoisotopic (exact) mass is 385 g/mol. The Labute approximate surface area is 162 Å². The number of carbonyl (C=O) groups excluding carboxylic acids is 1. The highest BCUT2D eigenvalue weighted by atomic mass is 35.5. The highest BCUT2D eigenvalue weighted by Crippen LogP contribution is 2.16. The Morgan fingerprint density at radius 3 is 2.78 bits per heavy atom. The van der Waals surface area contributed by atoms with E-state index in [0.29, 0.717) is 17.3 Å². The van der Waals surface area contributed by atoms with Crippen LogP contribution in [-0.2, 0) is 11.3 Å². The average Bonchev–Trinajstić information content (AvgIpc) is 3.25. The molecule has 0 aliphatic carbocycles. The van der Waals surface area contributed by atoms with Gasteiger partial charge in [0.2, 0.25) is 0 Å². The van der Waals surface area contributed by atoms with Crippen molar-refractivity contribution in [3.05, 3.63) is 76.5 Å². The predicted octanol–water partition coefficient (Wildman–Crippen LogP) is 3.93. The van der Waals surface area contributed by atoms with E-state index in [1.807, 2.05) is 32.0 Å². The van der Waals surface area contributed by atoms with E-state index in [4.69, 9.17) is 20.8 Å². The first kappa shape index (κ1) is 18.8. The number of nitrogens with zero attached hydrogens (tertiary/aromatic N) is 2. The summed E-state index contributed by atoms with van der Waals surface area (Å²) in [6, 6.07) is 12.6. The quantitative estimate of drug-likeness (QED) is 0.495. The lowest BCUT2D eigenvalue weighted by Gasteiger charge is -2.07. The Morgan fingerprint density at radius 1 is 1.30 bits per heavy atom. The number of hydrogen-bond acceptors (Lipinski definition) is 4. The van der Waals surface area contributed by atoms with Crippen molar-refractivity contribution in [2.45, 2.75) is 20.4 Å². The number of hydrogen-bond donors (Lipinski definition) is 1. The molecule has 1 aromatic carbocycles. The van der Waals surface area contributed by atoms with Crippen LogP contribution < -0.4 is 10.2 Å². The lowest BCUT2D eigenvalue weighted by Crippen LogP contribution is -2.24. The molecule has 7 heteroatoms. The molecule has 2 heterocycles. The van der Waals surface area contributed by atoms with Crippen LogP contribution in [0.1, 0.15) is 22.7 Å². The van der Waals surface area contributed by atoms with Gasteiger partial charge in [-0.2, -0.15) is 5.10 Å². The fraction of sp³-hybridized carbons (Fsp3) is 0.200. The fourth-order valence-electron chi connectivity index (χ4n) is 2.65. The van der Waals surface area contributed by atoms with Crippen LogP contribution in [0.5, 0.6) is 5.75 Å². The largest absolute Gasteiger partial charge is 0.484 e. The number of hydrazone groups is 1. The highest BCUT2D eigenvalue weighted by molar-refractivity contribution is 6.30. The van der Waals surface area contributed by atoms with Gasteiger partial charge >= 0.3 is 0 Å². The minimum atomic E-state index is -0.342. The van der Waals surface area contributed by atoms with Crippen LogP contribution in [0.15, 0.2) is 58.2 Å². The van der Waals surface area contributed by atoms with Gasteiger partial charge in [-0.1, -0.05) is 11.6 Å². The standard InChI is InChI=1S/C20H20ClN3O3/c1-14-10-16(15(2)24(14)12-19-4-3-9-26-19)11-22-23-20(25)13-27-18-7-5-17(21)6-8-18/h3-11H,12-13H2,1-2H3,(H,23,25)/b22-11-. The molecule has 0 unspecified atom stereocenters. The molecule has 0 aliphatic heterocycles. The first-order valence-electron chi connectivity index (χ1n) is 8.42. The van der Waals surface area contributed by atoms with Crippen LogP contribution in [0.4, 0.5) is 0 Å². The van der Waals surface area contributed by atoms with Crippen LogP contribution in [0.2, 0.25) is 5.02 Å². The third kappa shape index (κ3) is 5.01. The van der Waals surface area contributed by atoms with Crippen LogP contribution in [0.3, 0.4) is 0 Å². The van der Waals surface area contributed by atoms with Crippen molar-refractivity contribution in [1.29, 1.82) is 0 Å². The zero-order valence-electron chi connectivity index (χ0n) is 15.1. The molecule has 1 amide bonds. The predicted molar refractivity (Wildman–Crippen MR) is 104 cm³/mol. The third-order valence-corrected chi connectivity index (χ3v) is 4.34. The van der Waals surface area contributed by atoms with Gasteiger partial charge in [0.15, 0.2) is 6.61 Å². The summed E-state index contributed by atoms with van der Waals surface area (Å²) in [5, 5.41) is 4.63. The van der Waals surface area contributed by atoms with Crippen molar-refractivity contribution >= 4 is 23.7 Å². The van der Waals surface area contributed by atoms with Gasteiger partial charge in [0.05, 0.1) is 19.0 Å². The van der Waals surface area contributed by atoms with Crippen molar-refractivity contribution in [1.82, 2.24) is 9.99 Å². The van der Waals surface area contributed by atoms with E-state index in [0.717, 1.165) is 22.7 Å². The van der Waals surface area contributed by atoms with Gasteiger partial charge in [0.25, 0.3) is 5.91 Å². The van der Waals surface area contributed by atoms with E-state index in [9.17, 15) is 4.79 Å². The molecule has 0 radical (unpaired) electrons. The Morgan fingerprint density at radius 2 is 2.07 bits per heavy atom. The van der Waals surface area contributed by atoms with Gasteiger partial charge in [-0.25, -0.2) is 5.43 Å². The number of benzene rings is 1. The van der Waals surface area contributed by atoms with E-state index in [2.05, 4.69) is 15.1 Å². The second-order valence-electron chi connectivity index (χ2n) is 6.03. The second kappa shape index (κ2) is 8.60. The maximum atomic E-state index is 11.8. The Bertz CT molecular complexity index is 928. The van der Waals surface area contributed by atoms with Crippen LogP contribution in [0, 0.1) is 13.8 Å². The van der Waals surface area contributed by atoms with Crippen molar-refractivity contribution in [3.63, 3.8) is 0 Å². The molecule has 0 saturated heterocycles. The van der Waals surface area contributed by atoms with E-state index >= 15 is 0 Å². The molecule has 0 fully saturated rings. The maximum Gasteiger partial charge on any atom is 0.277 e. The Kier molecular flexibility index (Phi) is 5.98. The summed E-state index contributed by atoms with van der Waals surface area (Å²) >= 11 is 5.81. The molecule has 0 bridgehead atoms. The summed E-state index contributed by atoms with van der Waals surface area (Å²) in [4.78, 5) is 11.8. The molecule has 0 atom stereocenters. The molecule has 6 nitrogen and oxygen atoms in total. The van der Waals surface area contributed by atoms with E-state index in [1.165, 1.54) is 0 Å². The van der Waals surface area contributed by atoms with Crippen molar-refractivity contribution in [2.75, 3.05) is 6.61 Å². The Balaban J connectivity index is 1.54. The normalized spacial score (nSPS) is 11.1. The van der Waals surface area contributed by atoms with Crippen LogP contribution >= 0.6 is 11.6 Å². The van der Waals surface area contributed by atoms with Gasteiger partial charge < -0.3 is 13.7 Å². The third-order valence-electron chi connectivity index (χ3n) is 4.08. The number of carbonyl (C=O) groups is 1. The van der Waals surface area contributed by atoms with Gasteiger partial charge in [-0.15, -0.1) is 0 Å². The summed E-state index contributed by atoms with van der Waals surface area (Å²) in [5.74, 6) is 1.11. The van der Waals surface area contributed by atoms with Gasteiger partial charge in [0, 0.05) is 22.0 Å². The summed E-state index contributed by atoms with van der Waals surface area (Å²) in [6.07, 6.45) is 3.29. The molecule has 0 aliphatic rings. The number of furan rings is 1. The number of ether oxygens (including phenoxy) is 1. The molecule has 0 saturated carbocycles. The highest BCUT2D eigenvalue weighted by Gasteiger charge is 2.09. The van der Waals surface area contributed by atoms with E-state index in [1.54, 1.807) is 36.7 Å². The van der Waals surface area contributed by atoms with Crippen molar-refractivity contribution < 1.29 is 13.9 Å². The van der Waals surface area contributed by atoms with E-state index < -0.39 is 0 Å². The molecule has 0 spiro atoms. The second-order valence-corrected chi connectivity index (χ2v) is 6.46. The number of halogens is 1. The van der Waals surface area contributed by atoms with Gasteiger partial charge in [0.1, 0.15) is 11.5 Å².